The number of benzene rings is 1. The van der Waals surface area contributed by atoms with Crippen molar-refractivity contribution in [2.75, 3.05) is 34.5 Å². The molecule has 316 valence electrons. The third kappa shape index (κ3) is 9.34. The highest BCUT2D eigenvalue weighted by molar-refractivity contribution is 6.36. The number of aromatic nitrogens is 1. The molecule has 7 rings (SSSR count). The van der Waals surface area contributed by atoms with E-state index in [2.05, 4.69) is 10.6 Å². The smallest absolute Gasteiger partial charge is 0.408 e. The molecule has 2 N–H and O–H groups in total. The monoisotopic (exact) mass is 824 g/mol. The van der Waals surface area contributed by atoms with Gasteiger partial charge in [0.1, 0.15) is 53.0 Å². The van der Waals surface area contributed by atoms with E-state index in [9.17, 15) is 19.2 Å². The molecule has 0 bridgehead atoms. The van der Waals surface area contributed by atoms with Gasteiger partial charge < -0.3 is 44.0 Å². The average Bonchev–Trinajstić information content (AvgIpc) is 3.99. The number of rotatable bonds is 11. The summed E-state index contributed by atoms with van der Waals surface area (Å²) in [5.74, 6) is 0.701. The first-order chi connectivity index (χ1) is 27.9. The number of fused-ring (bicyclic) bond motifs is 4. The van der Waals surface area contributed by atoms with Crippen LogP contribution in [0.3, 0.4) is 0 Å². The second-order valence-corrected chi connectivity index (χ2v) is 17.3. The number of nitrogens with one attached hydrogen (secondary N) is 2. The van der Waals surface area contributed by atoms with Crippen LogP contribution in [0.15, 0.2) is 23.8 Å². The van der Waals surface area contributed by atoms with Gasteiger partial charge in [0, 0.05) is 32.1 Å². The molecular weight excluding hydrogens is 768 g/mol. The second-order valence-electron chi connectivity index (χ2n) is 16.9. The van der Waals surface area contributed by atoms with Crippen LogP contribution in [-0.4, -0.2) is 104 Å². The lowest BCUT2D eigenvalue weighted by Gasteiger charge is -2.29. The standard InChI is InChI=1S/C43H57ClN4O10/c1-24(2)15-28-19-35(31-13-14-34(37(44)38(31)45-28)56-23-36(53-3)54-4)57-30-20-33-39(49)47-43(41(51)55-5)21-27(43)11-9-7-6-8-10-12-32(40(50)48(33)22-30)46-42(52)58-29-17-25-16-26(25)18-29/h13-15,19,25-27,29-30,32-33,36H,6-12,16-18,20-23H2,1-5H3,(H,46,52)(H,47,49)/t25-,26+,27-,29+,30-,32+,33+,43-/m1/s1. The van der Waals surface area contributed by atoms with Gasteiger partial charge >= 0.3 is 12.1 Å². The number of methoxy groups -OCH3 is 3. The molecule has 3 saturated carbocycles. The van der Waals surface area contributed by atoms with Gasteiger partial charge in [-0.2, -0.15) is 0 Å². The molecule has 8 atom stereocenters. The molecule has 5 aliphatic rings. The summed E-state index contributed by atoms with van der Waals surface area (Å²) in [5.41, 5.74) is 0.890. The van der Waals surface area contributed by atoms with Crippen molar-refractivity contribution in [1.29, 1.82) is 0 Å². The summed E-state index contributed by atoms with van der Waals surface area (Å²) < 4.78 is 34.2. The normalized spacial score (nSPS) is 29.6. The summed E-state index contributed by atoms with van der Waals surface area (Å²) in [4.78, 5) is 61.9. The summed E-state index contributed by atoms with van der Waals surface area (Å²) in [6.45, 7) is 4.06. The van der Waals surface area contributed by atoms with Gasteiger partial charge in [-0.05, 0) is 88.3 Å². The minimum absolute atomic E-state index is 0.0525. The van der Waals surface area contributed by atoms with Crippen molar-refractivity contribution in [2.24, 2.45) is 17.8 Å². The molecule has 3 aliphatic carbocycles. The first-order valence-corrected chi connectivity index (χ1v) is 21.1. The lowest BCUT2D eigenvalue weighted by atomic mass is 10.0. The number of carbonyl (C=O) groups is 4. The molecule has 0 unspecified atom stereocenters. The molecule has 2 aromatic rings. The van der Waals surface area contributed by atoms with Gasteiger partial charge in [0.05, 0.1) is 24.9 Å². The largest absolute Gasteiger partial charge is 0.488 e. The highest BCUT2D eigenvalue weighted by Crippen LogP contribution is 2.52. The van der Waals surface area contributed by atoms with E-state index in [1.54, 1.807) is 12.1 Å². The van der Waals surface area contributed by atoms with Gasteiger partial charge in [-0.15, -0.1) is 0 Å². The Morgan fingerprint density at radius 2 is 1.71 bits per heavy atom. The van der Waals surface area contributed by atoms with Crippen molar-refractivity contribution >= 4 is 52.5 Å². The van der Waals surface area contributed by atoms with Crippen LogP contribution >= 0.6 is 11.6 Å². The van der Waals surface area contributed by atoms with E-state index >= 15 is 0 Å². The third-order valence-electron chi connectivity index (χ3n) is 12.5. The van der Waals surface area contributed by atoms with Gasteiger partial charge in [-0.1, -0.05) is 49.3 Å². The number of halogens is 1. The zero-order chi connectivity index (χ0) is 41.1. The summed E-state index contributed by atoms with van der Waals surface area (Å²) in [6.07, 6.45) is 9.00. The Kier molecular flexibility index (Phi) is 13.0. The molecule has 3 heterocycles. The number of pyridine rings is 1. The zero-order valence-corrected chi connectivity index (χ0v) is 34.9. The van der Waals surface area contributed by atoms with Crippen molar-refractivity contribution < 1.29 is 47.6 Å². The molecule has 1 aromatic heterocycles. The van der Waals surface area contributed by atoms with E-state index in [1.165, 1.54) is 32.7 Å². The first kappa shape index (κ1) is 42.0. The maximum absolute atomic E-state index is 14.7. The minimum atomic E-state index is -1.15. The molecule has 2 saturated heterocycles. The predicted molar refractivity (Wildman–Crippen MR) is 215 cm³/mol. The highest BCUT2D eigenvalue weighted by atomic mass is 35.5. The fourth-order valence-electron chi connectivity index (χ4n) is 9.18. The van der Waals surface area contributed by atoms with Crippen molar-refractivity contribution in [2.45, 2.75) is 127 Å². The number of nitrogens with zero attached hydrogens (tertiary/aromatic N) is 2. The SMILES string of the molecule is COC(=O)[C@@]12C[C@H]1CCCCCCC[C@H](NC(=O)O[C@@H]1C[C@@H]3C[C@@H]3C1)C(=O)N1C[C@H](Oc3cc(C=C(C)C)nc4c(Cl)c(OCC(OC)OC)ccc34)C[C@H]1C(=O)N2. The Balaban J connectivity index is 1.18. The average molecular weight is 825 g/mol. The van der Waals surface area contributed by atoms with Gasteiger partial charge in [-0.3, -0.25) is 9.59 Å². The Hall–Kier alpha value is -4.14. The number of hydrogen-bond acceptors (Lipinski definition) is 11. The molecule has 0 spiro atoms. The Morgan fingerprint density at radius 1 is 0.983 bits per heavy atom. The fraction of sp³-hybridized carbons (Fsp3) is 0.651. The number of amides is 3. The fourth-order valence-corrected chi connectivity index (χ4v) is 9.44. The van der Waals surface area contributed by atoms with Crippen LogP contribution in [0.2, 0.25) is 5.02 Å². The van der Waals surface area contributed by atoms with Crippen LogP contribution in [-0.2, 0) is 33.3 Å². The molecule has 58 heavy (non-hydrogen) atoms. The molecule has 0 radical (unpaired) electrons. The lowest BCUT2D eigenvalue weighted by Crippen LogP contribution is -2.56. The summed E-state index contributed by atoms with van der Waals surface area (Å²) in [5, 5.41) is 6.81. The van der Waals surface area contributed by atoms with Crippen LogP contribution in [0.4, 0.5) is 4.79 Å². The van der Waals surface area contributed by atoms with Crippen LogP contribution < -0.4 is 20.1 Å². The minimum Gasteiger partial charge on any atom is -0.488 e. The molecule has 15 heteroatoms. The maximum Gasteiger partial charge on any atom is 0.408 e. The van der Waals surface area contributed by atoms with Crippen molar-refractivity contribution in [3.63, 3.8) is 0 Å². The number of allylic oxidation sites excluding steroid dienone is 1. The van der Waals surface area contributed by atoms with Gasteiger partial charge in [0.2, 0.25) is 11.8 Å². The van der Waals surface area contributed by atoms with E-state index < -0.39 is 53.9 Å². The van der Waals surface area contributed by atoms with E-state index in [-0.39, 0.29) is 36.6 Å². The summed E-state index contributed by atoms with van der Waals surface area (Å²) in [6, 6.07) is 3.43. The number of ether oxygens (including phenoxy) is 6. The van der Waals surface area contributed by atoms with Gasteiger partial charge in [-0.25, -0.2) is 14.6 Å². The van der Waals surface area contributed by atoms with E-state index in [4.69, 9.17) is 45.0 Å². The Labute approximate surface area is 345 Å². The zero-order valence-electron chi connectivity index (χ0n) is 34.2. The topological polar surface area (TPSA) is 164 Å². The molecular formula is C43H57ClN4O10. The molecule has 1 aromatic carbocycles. The third-order valence-corrected chi connectivity index (χ3v) is 12.8. The number of hydrogen-bond donors (Lipinski definition) is 2. The molecule has 5 fully saturated rings. The van der Waals surface area contributed by atoms with E-state index in [1.807, 2.05) is 26.0 Å². The second kappa shape index (κ2) is 18.0. The van der Waals surface area contributed by atoms with Crippen molar-refractivity contribution in [3.8, 4) is 11.5 Å². The number of carbonyl (C=O) groups excluding carboxylic acids is 4. The quantitative estimate of drug-likeness (QED) is 0.192. The van der Waals surface area contributed by atoms with Gasteiger partial charge in [0.25, 0.3) is 0 Å². The van der Waals surface area contributed by atoms with E-state index in [0.717, 1.165) is 50.5 Å². The lowest BCUT2D eigenvalue weighted by molar-refractivity contribution is -0.148. The van der Waals surface area contributed by atoms with Crippen LogP contribution in [0.25, 0.3) is 17.0 Å². The predicted octanol–water partition coefficient (Wildman–Crippen LogP) is 6.34. The Bertz CT molecular complexity index is 1890. The molecule has 3 amide bonds. The maximum atomic E-state index is 14.7. The van der Waals surface area contributed by atoms with Gasteiger partial charge in [0.15, 0.2) is 6.29 Å². The number of esters is 1. The van der Waals surface area contributed by atoms with Crippen LogP contribution in [0, 0.1) is 17.8 Å². The summed E-state index contributed by atoms with van der Waals surface area (Å²) in [7, 11) is 4.37. The summed E-state index contributed by atoms with van der Waals surface area (Å²) >= 11 is 6.93. The van der Waals surface area contributed by atoms with Crippen molar-refractivity contribution in [3.05, 3.63) is 34.5 Å². The van der Waals surface area contributed by atoms with Crippen LogP contribution in [0.1, 0.15) is 96.6 Å². The van der Waals surface area contributed by atoms with E-state index in [0.29, 0.717) is 59.2 Å². The van der Waals surface area contributed by atoms with Crippen LogP contribution in [0.5, 0.6) is 11.5 Å². The number of alkyl carbamates (subject to hydrolysis) is 1. The Morgan fingerprint density at radius 3 is 2.41 bits per heavy atom. The molecule has 2 aliphatic heterocycles. The molecule has 14 nitrogen and oxygen atoms in total. The first-order valence-electron chi connectivity index (χ1n) is 20.7. The van der Waals surface area contributed by atoms with Crippen molar-refractivity contribution in [1.82, 2.24) is 20.5 Å². The highest BCUT2D eigenvalue weighted by Gasteiger charge is 2.62.